The van der Waals surface area contributed by atoms with Crippen LogP contribution in [0.15, 0.2) is 36.5 Å². The highest BCUT2D eigenvalue weighted by atomic mass is 16.5. The molecule has 0 aliphatic carbocycles. The lowest BCUT2D eigenvalue weighted by Crippen LogP contribution is -2.38. The quantitative estimate of drug-likeness (QED) is 0.363. The lowest BCUT2D eigenvalue weighted by molar-refractivity contribution is -0.139. The van der Waals surface area contributed by atoms with Gasteiger partial charge in [-0.25, -0.2) is 9.78 Å². The summed E-state index contributed by atoms with van der Waals surface area (Å²) >= 11 is 0. The number of aromatic nitrogens is 1. The smallest absolute Gasteiger partial charge is 0.343 e. The zero-order valence-electron chi connectivity index (χ0n) is 16.1. The van der Waals surface area contributed by atoms with E-state index < -0.39 is 35.8 Å². The number of aliphatic carboxylic acids is 1. The van der Waals surface area contributed by atoms with Crippen LogP contribution in [-0.4, -0.2) is 51.0 Å². The molecule has 156 valence electrons. The maximum absolute atomic E-state index is 12.5. The molecule has 1 aromatic carbocycles. The van der Waals surface area contributed by atoms with Crippen LogP contribution in [0.5, 0.6) is 17.4 Å². The fourth-order valence-electron chi connectivity index (χ4n) is 2.88. The number of esters is 1. The summed E-state index contributed by atoms with van der Waals surface area (Å²) in [5, 5.41) is 28.6. The van der Waals surface area contributed by atoms with Gasteiger partial charge in [-0.05, 0) is 50.1 Å². The highest BCUT2D eigenvalue weighted by Gasteiger charge is 2.30. The first-order valence-electron chi connectivity index (χ1n) is 9.03. The van der Waals surface area contributed by atoms with Gasteiger partial charge in [0.05, 0.1) is 6.61 Å². The second kappa shape index (κ2) is 9.74. The van der Waals surface area contributed by atoms with E-state index in [1.807, 2.05) is 0 Å². The summed E-state index contributed by atoms with van der Waals surface area (Å²) in [6, 6.07) is 5.74. The zero-order chi connectivity index (χ0) is 21.6. The van der Waals surface area contributed by atoms with Gasteiger partial charge in [0.2, 0.25) is 5.88 Å². The van der Waals surface area contributed by atoms with Gasteiger partial charge >= 0.3 is 11.9 Å². The number of ether oxygens (including phenoxy) is 2. The Morgan fingerprint density at radius 1 is 1.21 bits per heavy atom. The minimum atomic E-state index is -1.31. The number of phenolic OH excluding ortho intramolecular Hbond substituents is 2. The Bertz CT molecular complexity index is 872. The Balaban J connectivity index is 2.19. The van der Waals surface area contributed by atoms with Gasteiger partial charge in [0, 0.05) is 12.1 Å². The fourth-order valence-corrected chi connectivity index (χ4v) is 2.88. The van der Waals surface area contributed by atoms with Gasteiger partial charge in [-0.2, -0.15) is 0 Å². The molecule has 9 heteroatoms. The molecule has 2 rings (SSSR count). The maximum Gasteiger partial charge on any atom is 0.343 e. The molecule has 1 heterocycles. The first-order chi connectivity index (χ1) is 13.7. The van der Waals surface area contributed by atoms with Gasteiger partial charge in [0.15, 0.2) is 11.5 Å². The van der Waals surface area contributed by atoms with E-state index in [1.165, 1.54) is 30.5 Å². The highest BCUT2D eigenvalue weighted by molar-refractivity contribution is 5.91. The summed E-state index contributed by atoms with van der Waals surface area (Å²) in [6.07, 6.45) is 0.862. The van der Waals surface area contributed by atoms with Gasteiger partial charge in [0.25, 0.3) is 0 Å². The van der Waals surface area contributed by atoms with Crippen LogP contribution in [0.2, 0.25) is 0 Å². The average Bonchev–Trinajstić information content (AvgIpc) is 2.68. The van der Waals surface area contributed by atoms with Gasteiger partial charge < -0.3 is 30.5 Å². The molecule has 0 saturated heterocycles. The monoisotopic (exact) mass is 404 g/mol. The molecule has 0 saturated carbocycles. The summed E-state index contributed by atoms with van der Waals surface area (Å²) < 4.78 is 10.8. The first kappa shape index (κ1) is 22.0. The number of rotatable bonds is 9. The van der Waals surface area contributed by atoms with Crippen LogP contribution in [0.1, 0.15) is 42.1 Å². The maximum atomic E-state index is 12.5. The van der Waals surface area contributed by atoms with Gasteiger partial charge in [-0.15, -0.1) is 0 Å². The van der Waals surface area contributed by atoms with Gasteiger partial charge in [0.1, 0.15) is 17.7 Å². The largest absolute Gasteiger partial charge is 0.504 e. The molecule has 0 fully saturated rings. The predicted molar refractivity (Wildman–Crippen MR) is 103 cm³/mol. The molecule has 1 aromatic heterocycles. The van der Waals surface area contributed by atoms with Crippen molar-refractivity contribution in [2.45, 2.75) is 38.3 Å². The van der Waals surface area contributed by atoms with Crippen molar-refractivity contribution in [3.8, 4) is 17.4 Å². The number of carbonyl (C=O) groups is 2. The fraction of sp³-hybridized carbons (Fsp3) is 0.350. The number of carboxylic acid groups (broad SMARTS) is 1. The van der Waals surface area contributed by atoms with Gasteiger partial charge in [-0.1, -0.05) is 6.07 Å². The lowest BCUT2D eigenvalue weighted by Gasteiger charge is -2.25. The van der Waals surface area contributed by atoms with Crippen LogP contribution >= 0.6 is 0 Å². The Labute approximate surface area is 167 Å². The van der Waals surface area contributed by atoms with Crippen molar-refractivity contribution < 1.29 is 34.4 Å². The van der Waals surface area contributed by atoms with Crippen molar-refractivity contribution in [2.24, 2.45) is 5.73 Å². The normalized spacial score (nSPS) is 13.9. The summed E-state index contributed by atoms with van der Waals surface area (Å²) in [7, 11) is 0. The van der Waals surface area contributed by atoms with Crippen molar-refractivity contribution >= 4 is 11.9 Å². The van der Waals surface area contributed by atoms with Crippen LogP contribution in [0.25, 0.3) is 0 Å². The van der Waals surface area contributed by atoms with Crippen molar-refractivity contribution in [3.05, 3.63) is 47.7 Å². The highest BCUT2D eigenvalue weighted by Crippen LogP contribution is 2.32. The van der Waals surface area contributed by atoms with E-state index in [4.69, 9.17) is 15.2 Å². The third-order valence-electron chi connectivity index (χ3n) is 4.31. The number of carbonyl (C=O) groups excluding carboxylic acids is 1. The van der Waals surface area contributed by atoms with E-state index in [-0.39, 0.29) is 23.6 Å². The van der Waals surface area contributed by atoms with Gasteiger partial charge in [-0.3, -0.25) is 4.79 Å². The van der Waals surface area contributed by atoms with Crippen LogP contribution in [-0.2, 0) is 9.53 Å². The molecule has 0 aliphatic heterocycles. The molecule has 0 spiro atoms. The molecule has 5 N–H and O–H groups in total. The van der Waals surface area contributed by atoms with Crippen molar-refractivity contribution in [3.63, 3.8) is 0 Å². The number of carboxylic acids is 1. The number of nitrogens with two attached hydrogens (primary N) is 1. The van der Waals surface area contributed by atoms with E-state index in [0.717, 1.165) is 0 Å². The Morgan fingerprint density at radius 3 is 2.55 bits per heavy atom. The van der Waals surface area contributed by atoms with Crippen LogP contribution in [0, 0.1) is 0 Å². The summed E-state index contributed by atoms with van der Waals surface area (Å²) in [5.74, 6) is -3.27. The summed E-state index contributed by atoms with van der Waals surface area (Å²) in [5.41, 5.74) is 6.37. The molecule has 0 aliphatic rings. The molecule has 29 heavy (non-hydrogen) atoms. The predicted octanol–water partition coefficient (Wildman–Crippen LogP) is 2.02. The van der Waals surface area contributed by atoms with Crippen molar-refractivity contribution in [1.82, 2.24) is 4.98 Å². The molecular formula is C20H24N2O7. The second-order valence-electron chi connectivity index (χ2n) is 6.46. The van der Waals surface area contributed by atoms with Crippen LogP contribution in [0.3, 0.4) is 0 Å². The third-order valence-corrected chi connectivity index (χ3v) is 4.31. The summed E-state index contributed by atoms with van der Waals surface area (Å²) in [6.45, 7) is 3.70. The molecule has 9 nitrogen and oxygen atoms in total. The van der Waals surface area contributed by atoms with Crippen LogP contribution in [0.4, 0.5) is 0 Å². The third kappa shape index (κ3) is 5.58. The molecule has 3 atom stereocenters. The Kier molecular flexibility index (Phi) is 7.38. The molecule has 1 unspecified atom stereocenters. The number of nitrogens with zero attached hydrogens (tertiary/aromatic N) is 1. The topological polar surface area (TPSA) is 152 Å². The molecular weight excluding hydrogens is 380 g/mol. The standard InChI is InChI=1S/C20H24N2O7/c1-3-28-18-13(5-4-8-22-18)20(27)29-11(2)9-14(17(21)19(25)26)12-6-7-15(23)16(24)10-12/h4-8,10-11,14,17,23-24H,3,9,21H2,1-2H3,(H,25,26)/t11-,14?,17-/m0/s1. The Hall–Kier alpha value is -3.33. The van der Waals surface area contributed by atoms with Crippen LogP contribution < -0.4 is 10.5 Å². The number of benzene rings is 1. The van der Waals surface area contributed by atoms with E-state index in [9.17, 15) is 24.9 Å². The zero-order valence-corrected chi connectivity index (χ0v) is 16.1. The van der Waals surface area contributed by atoms with Crippen molar-refractivity contribution in [2.75, 3.05) is 6.61 Å². The Morgan fingerprint density at radius 2 is 1.93 bits per heavy atom. The second-order valence-corrected chi connectivity index (χ2v) is 6.46. The average molecular weight is 404 g/mol. The number of hydrogen-bond acceptors (Lipinski definition) is 8. The minimum Gasteiger partial charge on any atom is -0.504 e. The minimum absolute atomic E-state index is 0.0770. The SMILES string of the molecule is CCOc1ncccc1C(=O)O[C@@H](C)CC(c1ccc(O)c(O)c1)[C@H](N)C(=O)O. The van der Waals surface area contributed by atoms with E-state index >= 15 is 0 Å². The number of aromatic hydroxyl groups is 2. The lowest BCUT2D eigenvalue weighted by atomic mass is 9.87. The molecule has 2 aromatic rings. The first-order valence-corrected chi connectivity index (χ1v) is 9.03. The van der Waals surface area contributed by atoms with Crippen molar-refractivity contribution in [1.29, 1.82) is 0 Å². The number of pyridine rings is 1. The van der Waals surface area contributed by atoms with E-state index in [1.54, 1.807) is 19.9 Å². The molecule has 0 radical (unpaired) electrons. The molecule has 0 bridgehead atoms. The number of phenols is 2. The number of hydrogen-bond donors (Lipinski definition) is 4. The molecule has 0 amide bonds. The summed E-state index contributed by atoms with van der Waals surface area (Å²) in [4.78, 5) is 27.9. The van der Waals surface area contributed by atoms with E-state index in [0.29, 0.717) is 12.2 Å². The van der Waals surface area contributed by atoms with E-state index in [2.05, 4.69) is 4.98 Å².